The summed E-state index contributed by atoms with van der Waals surface area (Å²) in [6.07, 6.45) is 12.9. The topological polar surface area (TPSA) is 78.4 Å². The number of carbonyl (C=O) groups is 2. The summed E-state index contributed by atoms with van der Waals surface area (Å²) in [5, 5.41) is 14.2. The summed E-state index contributed by atoms with van der Waals surface area (Å²) < 4.78 is 0. The number of carboxylic acids is 1. The van der Waals surface area contributed by atoms with Gasteiger partial charge in [0, 0.05) is 12.5 Å². The summed E-state index contributed by atoms with van der Waals surface area (Å²) in [5.41, 5.74) is 0. The van der Waals surface area contributed by atoms with E-state index in [0.717, 1.165) is 25.7 Å². The number of hydrogen-bond donors (Lipinski definition) is 3. The van der Waals surface area contributed by atoms with Gasteiger partial charge in [0.25, 0.3) is 0 Å². The molecular weight excluding hydrogens is 244 g/mol. The molecule has 1 unspecified atom stereocenters. The zero-order chi connectivity index (χ0) is 14.1. The van der Waals surface area contributed by atoms with Gasteiger partial charge in [-0.25, -0.2) is 9.59 Å². The summed E-state index contributed by atoms with van der Waals surface area (Å²) in [4.78, 5) is 22.6. The van der Waals surface area contributed by atoms with Crippen LogP contribution in [0.2, 0.25) is 0 Å². The Labute approximate surface area is 114 Å². The van der Waals surface area contributed by atoms with Crippen LogP contribution in [0.25, 0.3) is 0 Å². The third-order valence-corrected chi connectivity index (χ3v) is 3.37. The van der Waals surface area contributed by atoms with Crippen LogP contribution in [0.4, 0.5) is 4.79 Å². The monoisotopic (exact) mass is 266 g/mol. The van der Waals surface area contributed by atoms with Gasteiger partial charge in [0.2, 0.25) is 0 Å². The summed E-state index contributed by atoms with van der Waals surface area (Å²) in [7, 11) is 0. The number of carbonyl (C=O) groups excluding carboxylic acids is 1. The highest BCUT2D eigenvalue weighted by Gasteiger charge is 2.20. The van der Waals surface area contributed by atoms with Crippen molar-refractivity contribution in [3.8, 4) is 12.3 Å². The Morgan fingerprint density at radius 3 is 2.32 bits per heavy atom. The van der Waals surface area contributed by atoms with Crippen molar-refractivity contribution in [2.24, 2.45) is 0 Å². The minimum atomic E-state index is -1.11. The normalized spacial score (nSPS) is 18.5. The number of amides is 2. The highest BCUT2D eigenvalue weighted by atomic mass is 16.4. The van der Waals surface area contributed by atoms with Crippen molar-refractivity contribution in [3.63, 3.8) is 0 Å². The molecule has 1 fully saturated rings. The first-order chi connectivity index (χ1) is 9.13. The van der Waals surface area contributed by atoms with Gasteiger partial charge in [0.1, 0.15) is 6.04 Å². The molecular formula is C14H22N2O3. The molecule has 0 aromatic carbocycles. The van der Waals surface area contributed by atoms with Gasteiger partial charge in [0.15, 0.2) is 0 Å². The molecule has 106 valence electrons. The molecule has 3 N–H and O–H groups in total. The summed E-state index contributed by atoms with van der Waals surface area (Å²) in [5.74, 6) is 1.15. The number of nitrogens with one attached hydrogen (secondary N) is 2. The van der Waals surface area contributed by atoms with Gasteiger partial charge < -0.3 is 15.7 Å². The Hall–Kier alpha value is -1.70. The third-order valence-electron chi connectivity index (χ3n) is 3.37. The summed E-state index contributed by atoms with van der Waals surface area (Å²) in [6, 6.07) is -1.31. The zero-order valence-corrected chi connectivity index (χ0v) is 11.2. The lowest BCUT2D eigenvalue weighted by molar-refractivity contribution is -0.139. The SMILES string of the molecule is C#CCC(NC(=O)NC1CCCCCCC1)C(=O)O. The van der Waals surface area contributed by atoms with Gasteiger partial charge in [0.05, 0.1) is 0 Å². The molecule has 0 heterocycles. The van der Waals surface area contributed by atoms with E-state index in [1.54, 1.807) is 0 Å². The predicted molar refractivity (Wildman–Crippen MR) is 72.6 cm³/mol. The molecule has 2 amide bonds. The summed E-state index contributed by atoms with van der Waals surface area (Å²) >= 11 is 0. The number of carboxylic acid groups (broad SMARTS) is 1. The van der Waals surface area contributed by atoms with Gasteiger partial charge in [-0.05, 0) is 12.8 Å². The van der Waals surface area contributed by atoms with Gasteiger partial charge in [-0.2, -0.15) is 0 Å². The number of aliphatic carboxylic acids is 1. The van der Waals surface area contributed by atoms with Gasteiger partial charge in [-0.3, -0.25) is 0 Å². The van der Waals surface area contributed by atoms with Crippen molar-refractivity contribution < 1.29 is 14.7 Å². The van der Waals surface area contributed by atoms with E-state index < -0.39 is 18.0 Å². The van der Waals surface area contributed by atoms with Crippen molar-refractivity contribution in [2.75, 3.05) is 0 Å². The van der Waals surface area contributed by atoms with Crippen molar-refractivity contribution in [3.05, 3.63) is 0 Å². The molecule has 5 nitrogen and oxygen atoms in total. The lowest BCUT2D eigenvalue weighted by Crippen LogP contribution is -2.49. The van der Waals surface area contributed by atoms with Crippen molar-refractivity contribution in [1.82, 2.24) is 10.6 Å². The second-order valence-electron chi connectivity index (χ2n) is 4.96. The quantitative estimate of drug-likeness (QED) is 0.680. The molecule has 0 aliphatic heterocycles. The third kappa shape index (κ3) is 6.14. The second-order valence-corrected chi connectivity index (χ2v) is 4.96. The average molecular weight is 266 g/mol. The van der Waals surface area contributed by atoms with Crippen molar-refractivity contribution in [2.45, 2.75) is 63.5 Å². The van der Waals surface area contributed by atoms with Crippen molar-refractivity contribution >= 4 is 12.0 Å². The summed E-state index contributed by atoms with van der Waals surface area (Å²) in [6.45, 7) is 0. The van der Waals surface area contributed by atoms with E-state index in [4.69, 9.17) is 11.5 Å². The molecule has 1 saturated carbocycles. The molecule has 0 bridgehead atoms. The zero-order valence-electron chi connectivity index (χ0n) is 11.2. The van der Waals surface area contributed by atoms with Crippen LogP contribution in [0, 0.1) is 12.3 Å². The van der Waals surface area contributed by atoms with Gasteiger partial charge in [-0.15, -0.1) is 12.3 Å². The Kier molecular flexibility index (Phi) is 6.80. The van der Waals surface area contributed by atoms with Crippen LogP contribution in [0.5, 0.6) is 0 Å². The van der Waals surface area contributed by atoms with Gasteiger partial charge >= 0.3 is 12.0 Å². The van der Waals surface area contributed by atoms with E-state index in [2.05, 4.69) is 16.6 Å². The van der Waals surface area contributed by atoms with Crippen LogP contribution in [0.15, 0.2) is 0 Å². The Morgan fingerprint density at radius 1 is 1.21 bits per heavy atom. The minimum absolute atomic E-state index is 0.00653. The van der Waals surface area contributed by atoms with Crippen LogP contribution < -0.4 is 10.6 Å². The second kappa shape index (κ2) is 8.41. The number of urea groups is 1. The largest absolute Gasteiger partial charge is 0.480 e. The molecule has 1 atom stereocenters. The molecule has 19 heavy (non-hydrogen) atoms. The molecule has 0 radical (unpaired) electrons. The molecule has 0 spiro atoms. The fourth-order valence-corrected chi connectivity index (χ4v) is 2.30. The van der Waals surface area contributed by atoms with Crippen LogP contribution in [-0.2, 0) is 4.79 Å². The first-order valence-electron chi connectivity index (χ1n) is 6.86. The van der Waals surface area contributed by atoms with E-state index in [0.29, 0.717) is 0 Å². The molecule has 0 aromatic rings. The van der Waals surface area contributed by atoms with Crippen LogP contribution >= 0.6 is 0 Å². The van der Waals surface area contributed by atoms with Crippen LogP contribution in [0.1, 0.15) is 51.4 Å². The predicted octanol–water partition coefficient (Wildman–Crippen LogP) is 1.87. The molecule has 5 heteroatoms. The molecule has 1 aliphatic carbocycles. The van der Waals surface area contributed by atoms with Crippen LogP contribution in [0.3, 0.4) is 0 Å². The highest BCUT2D eigenvalue weighted by molar-refractivity contribution is 5.82. The molecule has 1 rings (SSSR count). The van der Waals surface area contributed by atoms with E-state index in [-0.39, 0.29) is 12.5 Å². The molecule has 0 saturated heterocycles. The smallest absolute Gasteiger partial charge is 0.327 e. The highest BCUT2D eigenvalue weighted by Crippen LogP contribution is 2.16. The standard InChI is InChI=1S/C14H22N2O3/c1-2-8-12(13(17)18)16-14(19)15-11-9-6-4-3-5-7-10-11/h1,11-12H,3-10H2,(H,17,18)(H2,15,16,19). The number of terminal acetylenes is 1. The maximum atomic E-state index is 11.7. The Balaban J connectivity index is 2.39. The average Bonchev–Trinajstić information content (AvgIpc) is 2.31. The molecule has 0 aromatic heterocycles. The lowest BCUT2D eigenvalue weighted by atomic mass is 9.97. The first-order valence-corrected chi connectivity index (χ1v) is 6.86. The maximum Gasteiger partial charge on any atom is 0.327 e. The van der Waals surface area contributed by atoms with Crippen molar-refractivity contribution in [1.29, 1.82) is 0 Å². The van der Waals surface area contributed by atoms with E-state index >= 15 is 0 Å². The number of hydrogen-bond acceptors (Lipinski definition) is 2. The minimum Gasteiger partial charge on any atom is -0.480 e. The maximum absolute atomic E-state index is 11.7. The van der Waals surface area contributed by atoms with E-state index in [1.807, 2.05) is 0 Å². The van der Waals surface area contributed by atoms with Crippen LogP contribution in [-0.4, -0.2) is 29.2 Å². The van der Waals surface area contributed by atoms with Gasteiger partial charge in [-0.1, -0.05) is 32.1 Å². The first kappa shape index (κ1) is 15.4. The van der Waals surface area contributed by atoms with E-state index in [1.165, 1.54) is 19.3 Å². The Morgan fingerprint density at radius 2 is 1.79 bits per heavy atom. The Bertz CT molecular complexity index is 341. The fraction of sp³-hybridized carbons (Fsp3) is 0.714. The lowest BCUT2D eigenvalue weighted by Gasteiger charge is -2.22. The molecule has 1 aliphatic rings. The number of rotatable bonds is 4. The van der Waals surface area contributed by atoms with E-state index in [9.17, 15) is 9.59 Å². The fourth-order valence-electron chi connectivity index (χ4n) is 2.30.